The second kappa shape index (κ2) is 7.31. The summed E-state index contributed by atoms with van der Waals surface area (Å²) in [5.74, 6) is -1.37. The lowest BCUT2D eigenvalue weighted by molar-refractivity contribution is -0.119. The van der Waals surface area contributed by atoms with Crippen molar-refractivity contribution in [3.63, 3.8) is 0 Å². The van der Waals surface area contributed by atoms with Crippen LogP contribution < -0.4 is 4.31 Å². The maximum Gasteiger partial charge on any atom is 0.244 e. The van der Waals surface area contributed by atoms with Gasteiger partial charge in [-0.1, -0.05) is 37.3 Å². The fraction of sp³-hybridized carbons (Fsp3) is 0.316. The molecular formula is C19H22N2O5S2. The van der Waals surface area contributed by atoms with Gasteiger partial charge in [0.25, 0.3) is 0 Å². The second-order valence-electron chi connectivity index (χ2n) is 6.98. The van der Waals surface area contributed by atoms with Crippen LogP contribution in [0.2, 0.25) is 0 Å². The number of hydrogen-bond acceptors (Lipinski definition) is 5. The van der Waals surface area contributed by atoms with Crippen LogP contribution in [0.4, 0.5) is 5.69 Å². The zero-order chi connectivity index (χ0) is 20.7. The van der Waals surface area contributed by atoms with Crippen LogP contribution in [-0.2, 0) is 31.4 Å². The fourth-order valence-electron chi connectivity index (χ4n) is 3.23. The molecule has 0 saturated carbocycles. The van der Waals surface area contributed by atoms with E-state index >= 15 is 0 Å². The maximum atomic E-state index is 13.0. The number of carbonyl (C=O) groups is 1. The minimum atomic E-state index is -3.78. The highest BCUT2D eigenvalue weighted by Crippen LogP contribution is 2.31. The third kappa shape index (κ3) is 3.69. The first-order chi connectivity index (χ1) is 13.0. The fourth-order valence-corrected chi connectivity index (χ4v) is 6.40. The highest BCUT2D eigenvalue weighted by molar-refractivity contribution is 7.94. The van der Waals surface area contributed by atoms with Crippen molar-refractivity contribution in [3.05, 3.63) is 59.7 Å². The molecule has 0 bridgehead atoms. The molecule has 0 aliphatic carbocycles. The molecule has 150 valence electrons. The maximum absolute atomic E-state index is 13.0. The van der Waals surface area contributed by atoms with E-state index in [1.165, 1.54) is 29.6 Å². The lowest BCUT2D eigenvalue weighted by atomic mass is 10.2. The van der Waals surface area contributed by atoms with Crippen molar-refractivity contribution in [2.45, 2.75) is 25.3 Å². The molecule has 7 nitrogen and oxygen atoms in total. The molecule has 1 atom stereocenters. The first kappa shape index (κ1) is 20.5. The molecule has 1 unspecified atom stereocenters. The van der Waals surface area contributed by atoms with Crippen LogP contribution in [0.25, 0.3) is 0 Å². The van der Waals surface area contributed by atoms with Crippen LogP contribution >= 0.6 is 0 Å². The summed E-state index contributed by atoms with van der Waals surface area (Å²) < 4.78 is 52.5. The lowest BCUT2D eigenvalue weighted by Gasteiger charge is -2.21. The summed E-state index contributed by atoms with van der Waals surface area (Å²) in [6, 6.07) is 13.4. The number of benzene rings is 2. The van der Waals surface area contributed by atoms with E-state index in [2.05, 4.69) is 0 Å². The van der Waals surface area contributed by atoms with Crippen molar-refractivity contribution in [2.24, 2.45) is 5.92 Å². The summed E-state index contributed by atoms with van der Waals surface area (Å²) in [4.78, 5) is 12.3. The van der Waals surface area contributed by atoms with Crippen molar-refractivity contribution >= 4 is 31.6 Å². The second-order valence-corrected chi connectivity index (χ2v) is 10.9. The van der Waals surface area contributed by atoms with Gasteiger partial charge in [-0.05, 0) is 36.2 Å². The van der Waals surface area contributed by atoms with Crippen LogP contribution in [0.3, 0.4) is 0 Å². The van der Waals surface area contributed by atoms with E-state index in [9.17, 15) is 21.6 Å². The standard InChI is InChI=1S/C19H22N2O5S2/c1-14-11-17(21-19(22)15(2)13-27(21,23)24)9-10-18(14)28(25,26)20(3)12-16-7-5-4-6-8-16/h4-11,15H,12-13H2,1-3H3. The Morgan fingerprint density at radius 2 is 1.79 bits per heavy atom. The van der Waals surface area contributed by atoms with E-state index in [0.717, 1.165) is 9.87 Å². The first-order valence-corrected chi connectivity index (χ1v) is 11.8. The van der Waals surface area contributed by atoms with Gasteiger partial charge in [-0.2, -0.15) is 4.31 Å². The molecule has 0 spiro atoms. The molecule has 28 heavy (non-hydrogen) atoms. The van der Waals surface area contributed by atoms with Crippen LogP contribution in [0.1, 0.15) is 18.1 Å². The largest absolute Gasteiger partial charge is 0.273 e. The van der Waals surface area contributed by atoms with E-state index in [1.54, 1.807) is 13.8 Å². The van der Waals surface area contributed by atoms with Gasteiger partial charge in [0.2, 0.25) is 26.0 Å². The summed E-state index contributed by atoms with van der Waals surface area (Å²) in [5.41, 5.74) is 1.39. The predicted octanol–water partition coefficient (Wildman–Crippen LogP) is 2.13. The van der Waals surface area contributed by atoms with Gasteiger partial charge in [0, 0.05) is 13.6 Å². The van der Waals surface area contributed by atoms with E-state index in [4.69, 9.17) is 0 Å². The van der Waals surface area contributed by atoms with Gasteiger partial charge in [0.1, 0.15) is 0 Å². The molecule has 1 heterocycles. The zero-order valence-corrected chi connectivity index (χ0v) is 17.5. The molecule has 1 aliphatic rings. The summed E-state index contributed by atoms with van der Waals surface area (Å²) in [5, 5.41) is 0. The van der Waals surface area contributed by atoms with Gasteiger partial charge in [-0.15, -0.1) is 0 Å². The third-order valence-electron chi connectivity index (χ3n) is 4.69. The van der Waals surface area contributed by atoms with Crippen LogP contribution in [0.15, 0.2) is 53.4 Å². The normalized spacial score (nSPS) is 19.4. The third-order valence-corrected chi connectivity index (χ3v) is 8.52. The number of carbonyl (C=O) groups excluding carboxylic acids is 1. The average Bonchev–Trinajstić information content (AvgIpc) is 2.82. The van der Waals surface area contributed by atoms with Crippen molar-refractivity contribution < 1.29 is 21.6 Å². The molecule has 1 saturated heterocycles. The van der Waals surface area contributed by atoms with E-state index in [0.29, 0.717) is 5.56 Å². The number of sulfonamides is 2. The predicted molar refractivity (Wildman–Crippen MR) is 107 cm³/mol. The highest BCUT2D eigenvalue weighted by Gasteiger charge is 2.42. The Hall–Kier alpha value is -2.23. The lowest BCUT2D eigenvalue weighted by Crippen LogP contribution is -2.31. The Morgan fingerprint density at radius 1 is 1.14 bits per heavy atom. The van der Waals surface area contributed by atoms with Crippen molar-refractivity contribution in [1.29, 1.82) is 0 Å². The van der Waals surface area contributed by atoms with Crippen LogP contribution in [0, 0.1) is 12.8 Å². The average molecular weight is 423 g/mol. The van der Waals surface area contributed by atoms with Gasteiger partial charge in [-0.25, -0.2) is 21.1 Å². The molecule has 0 aromatic heterocycles. The highest BCUT2D eigenvalue weighted by atomic mass is 32.2. The molecule has 9 heteroatoms. The molecule has 1 fully saturated rings. The number of rotatable bonds is 5. The monoisotopic (exact) mass is 422 g/mol. The Labute approximate surface area is 165 Å². The summed E-state index contributed by atoms with van der Waals surface area (Å²) in [7, 11) is -6.03. The van der Waals surface area contributed by atoms with Crippen molar-refractivity contribution in [1.82, 2.24) is 4.31 Å². The number of nitrogens with zero attached hydrogens (tertiary/aromatic N) is 2. The zero-order valence-electron chi connectivity index (χ0n) is 15.9. The Morgan fingerprint density at radius 3 is 2.32 bits per heavy atom. The number of aryl methyl sites for hydroxylation is 1. The molecule has 2 aromatic rings. The summed E-state index contributed by atoms with van der Waals surface area (Å²) >= 11 is 0. The van der Waals surface area contributed by atoms with E-state index < -0.39 is 31.9 Å². The van der Waals surface area contributed by atoms with E-state index in [1.807, 2.05) is 30.3 Å². The smallest absolute Gasteiger partial charge is 0.244 e. The first-order valence-electron chi connectivity index (χ1n) is 8.72. The van der Waals surface area contributed by atoms with Gasteiger partial charge in [0.05, 0.1) is 22.3 Å². The SMILES string of the molecule is Cc1cc(N2C(=O)C(C)CS2(=O)=O)ccc1S(=O)(=O)N(C)Cc1ccccc1. The van der Waals surface area contributed by atoms with Crippen LogP contribution in [0.5, 0.6) is 0 Å². The van der Waals surface area contributed by atoms with E-state index in [-0.39, 0.29) is 22.9 Å². The number of anilines is 1. The molecule has 0 radical (unpaired) electrons. The topological polar surface area (TPSA) is 91.8 Å². The Kier molecular flexibility index (Phi) is 5.35. The summed E-state index contributed by atoms with van der Waals surface area (Å²) in [6.07, 6.45) is 0. The number of hydrogen-bond donors (Lipinski definition) is 0. The minimum absolute atomic E-state index is 0.0757. The Balaban J connectivity index is 1.93. The van der Waals surface area contributed by atoms with Crippen LogP contribution in [-0.4, -0.2) is 39.8 Å². The molecule has 3 rings (SSSR count). The molecule has 1 aliphatic heterocycles. The van der Waals surface area contributed by atoms with Gasteiger partial charge >= 0.3 is 0 Å². The molecular weight excluding hydrogens is 400 g/mol. The molecule has 0 N–H and O–H groups in total. The van der Waals surface area contributed by atoms with Crippen molar-refractivity contribution in [3.8, 4) is 0 Å². The molecule has 2 aromatic carbocycles. The van der Waals surface area contributed by atoms with Gasteiger partial charge < -0.3 is 0 Å². The van der Waals surface area contributed by atoms with Gasteiger partial charge in [0.15, 0.2) is 0 Å². The Bertz CT molecular complexity index is 1110. The molecule has 1 amide bonds. The van der Waals surface area contributed by atoms with Gasteiger partial charge in [-0.3, -0.25) is 4.79 Å². The quantitative estimate of drug-likeness (QED) is 0.736. The minimum Gasteiger partial charge on any atom is -0.273 e. The summed E-state index contributed by atoms with van der Waals surface area (Å²) in [6.45, 7) is 3.36. The number of amides is 1. The van der Waals surface area contributed by atoms with Crippen molar-refractivity contribution in [2.75, 3.05) is 17.1 Å².